The second-order valence-corrected chi connectivity index (χ2v) is 6.67. The summed E-state index contributed by atoms with van der Waals surface area (Å²) in [7, 11) is 0. The predicted octanol–water partition coefficient (Wildman–Crippen LogP) is 2.94. The van der Waals surface area contributed by atoms with E-state index < -0.39 is 23.7 Å². The molecule has 7 heteroatoms. The zero-order valence-electron chi connectivity index (χ0n) is 15.1. The molecule has 2 aromatic carbocycles. The number of carboxylic acids is 1. The van der Waals surface area contributed by atoms with Crippen LogP contribution in [0.5, 0.6) is 0 Å². The van der Waals surface area contributed by atoms with E-state index in [-0.39, 0.29) is 6.42 Å². The number of rotatable bonds is 9. The molecule has 28 heavy (non-hydrogen) atoms. The topological polar surface area (TPSA) is 109 Å². The normalized spacial score (nSPS) is 11.9. The van der Waals surface area contributed by atoms with Gasteiger partial charge in [-0.2, -0.15) is 0 Å². The second kappa shape index (κ2) is 10.3. The molecule has 0 bridgehead atoms. The van der Waals surface area contributed by atoms with Crippen LogP contribution in [0.25, 0.3) is 11.1 Å². The van der Waals surface area contributed by atoms with Crippen molar-refractivity contribution in [3.05, 3.63) is 71.4 Å². The fourth-order valence-corrected chi connectivity index (χ4v) is 2.92. The van der Waals surface area contributed by atoms with E-state index >= 15 is 0 Å². The zero-order valence-corrected chi connectivity index (χ0v) is 15.9. The van der Waals surface area contributed by atoms with Gasteiger partial charge < -0.3 is 16.2 Å². The average molecular weight is 401 g/mol. The third-order valence-electron chi connectivity index (χ3n) is 4.12. The molecule has 0 fully saturated rings. The molecule has 0 aliphatic heterocycles. The van der Waals surface area contributed by atoms with E-state index in [1.165, 1.54) is 0 Å². The number of carbonyl (C=O) groups excluding carboxylic acids is 2. The Morgan fingerprint density at radius 2 is 1.82 bits per heavy atom. The first-order valence-electron chi connectivity index (χ1n) is 8.69. The molecule has 0 saturated carbocycles. The van der Waals surface area contributed by atoms with Gasteiger partial charge >= 0.3 is 5.97 Å². The molecule has 0 aliphatic rings. The number of aliphatic carboxylic acids is 1. The minimum atomic E-state index is -1.05. The molecule has 1 amide bonds. The summed E-state index contributed by atoms with van der Waals surface area (Å²) in [6, 6.07) is 14.7. The van der Waals surface area contributed by atoms with E-state index in [4.69, 9.17) is 22.4 Å². The van der Waals surface area contributed by atoms with Crippen molar-refractivity contribution in [1.29, 1.82) is 0 Å². The molecule has 2 aromatic rings. The standard InChI is InChI=1S/C21H21ClN2O4/c22-17-3-1-2-16(12-17)15-7-4-14(5-8-15)6-9-18(13-20(26)27)24-21(28)19(25)10-11-23/h1-5,7-8,10-12,18H,6,9,13,23H2,(H,24,28)(H,26,27)/t18-/m1/s1. The number of ketones is 1. The molecule has 1 atom stereocenters. The first kappa shape index (κ1) is 21.2. The summed E-state index contributed by atoms with van der Waals surface area (Å²) in [4.78, 5) is 34.3. The molecule has 0 radical (unpaired) electrons. The molecule has 0 aliphatic carbocycles. The lowest BCUT2D eigenvalue weighted by Gasteiger charge is -2.16. The SMILES string of the molecule is NC=CC(=O)C(=O)N[C@H](CCc1ccc(-c2cccc(Cl)c2)cc1)CC(=O)O. The Morgan fingerprint density at radius 1 is 1.11 bits per heavy atom. The monoisotopic (exact) mass is 400 g/mol. The third kappa shape index (κ3) is 6.55. The predicted molar refractivity (Wildman–Crippen MR) is 108 cm³/mol. The van der Waals surface area contributed by atoms with Gasteiger partial charge in [0.15, 0.2) is 0 Å². The molecule has 0 unspecified atom stereocenters. The van der Waals surface area contributed by atoms with Crippen molar-refractivity contribution in [2.24, 2.45) is 5.73 Å². The Hall–Kier alpha value is -3.12. The lowest BCUT2D eigenvalue weighted by atomic mass is 9.99. The van der Waals surface area contributed by atoms with Gasteiger partial charge in [-0.05, 0) is 47.9 Å². The summed E-state index contributed by atoms with van der Waals surface area (Å²) in [5.74, 6) is -2.74. The lowest BCUT2D eigenvalue weighted by Crippen LogP contribution is -2.40. The molecular weight excluding hydrogens is 380 g/mol. The van der Waals surface area contributed by atoms with E-state index in [0.717, 1.165) is 29.0 Å². The van der Waals surface area contributed by atoms with E-state index in [0.29, 0.717) is 17.9 Å². The van der Waals surface area contributed by atoms with Crippen molar-refractivity contribution < 1.29 is 19.5 Å². The van der Waals surface area contributed by atoms with Crippen LogP contribution in [0.2, 0.25) is 5.02 Å². The van der Waals surface area contributed by atoms with Gasteiger partial charge in [0.1, 0.15) is 0 Å². The van der Waals surface area contributed by atoms with Crippen LogP contribution in [0, 0.1) is 0 Å². The smallest absolute Gasteiger partial charge is 0.305 e. The van der Waals surface area contributed by atoms with Crippen molar-refractivity contribution in [1.82, 2.24) is 5.32 Å². The molecule has 2 rings (SSSR count). The van der Waals surface area contributed by atoms with Gasteiger partial charge in [-0.3, -0.25) is 14.4 Å². The van der Waals surface area contributed by atoms with Crippen LogP contribution in [0.1, 0.15) is 18.4 Å². The number of benzene rings is 2. The van der Waals surface area contributed by atoms with Crippen LogP contribution in [0.4, 0.5) is 0 Å². The van der Waals surface area contributed by atoms with Gasteiger partial charge in [-0.15, -0.1) is 0 Å². The Kier molecular flexibility index (Phi) is 7.77. The molecule has 0 heterocycles. The molecule has 0 aromatic heterocycles. The van der Waals surface area contributed by atoms with E-state index in [9.17, 15) is 14.4 Å². The van der Waals surface area contributed by atoms with Gasteiger partial charge in [0.25, 0.3) is 5.91 Å². The van der Waals surface area contributed by atoms with Gasteiger partial charge in [-0.25, -0.2) is 0 Å². The van der Waals surface area contributed by atoms with Gasteiger partial charge in [0, 0.05) is 17.1 Å². The highest BCUT2D eigenvalue weighted by atomic mass is 35.5. The van der Waals surface area contributed by atoms with Crippen molar-refractivity contribution in [3.8, 4) is 11.1 Å². The summed E-state index contributed by atoms with van der Waals surface area (Å²) >= 11 is 6.02. The number of nitrogens with two attached hydrogens (primary N) is 1. The Bertz CT molecular complexity index is 878. The van der Waals surface area contributed by atoms with Crippen LogP contribution < -0.4 is 11.1 Å². The van der Waals surface area contributed by atoms with Crippen molar-refractivity contribution in [2.75, 3.05) is 0 Å². The number of aryl methyl sites for hydroxylation is 1. The first-order chi connectivity index (χ1) is 13.4. The van der Waals surface area contributed by atoms with Crippen molar-refractivity contribution >= 4 is 29.3 Å². The summed E-state index contributed by atoms with van der Waals surface area (Å²) in [5, 5.41) is 12.2. The van der Waals surface area contributed by atoms with Crippen LogP contribution in [0.3, 0.4) is 0 Å². The highest BCUT2D eigenvalue weighted by molar-refractivity contribution is 6.40. The van der Waals surface area contributed by atoms with Gasteiger partial charge in [0.05, 0.1) is 6.42 Å². The fourth-order valence-electron chi connectivity index (χ4n) is 2.73. The molecule has 0 spiro atoms. The number of carbonyl (C=O) groups is 3. The summed E-state index contributed by atoms with van der Waals surface area (Å²) in [5.41, 5.74) is 8.10. The minimum absolute atomic E-state index is 0.272. The third-order valence-corrected chi connectivity index (χ3v) is 4.36. The maximum absolute atomic E-state index is 11.8. The largest absolute Gasteiger partial charge is 0.481 e. The van der Waals surface area contributed by atoms with Crippen LogP contribution in [0.15, 0.2) is 60.8 Å². The summed E-state index contributed by atoms with van der Waals surface area (Å²) in [6.45, 7) is 0. The maximum Gasteiger partial charge on any atom is 0.305 e. The van der Waals surface area contributed by atoms with E-state index in [2.05, 4.69) is 5.32 Å². The Balaban J connectivity index is 2.00. The van der Waals surface area contributed by atoms with Gasteiger partial charge in [0.2, 0.25) is 5.78 Å². The number of carboxylic acid groups (broad SMARTS) is 1. The van der Waals surface area contributed by atoms with Crippen LogP contribution in [-0.2, 0) is 20.8 Å². The fraction of sp³-hybridized carbons (Fsp3) is 0.190. The number of hydrogen-bond donors (Lipinski definition) is 3. The lowest BCUT2D eigenvalue weighted by molar-refractivity contribution is -0.139. The van der Waals surface area contributed by atoms with Crippen molar-refractivity contribution in [3.63, 3.8) is 0 Å². The zero-order chi connectivity index (χ0) is 20.5. The summed E-state index contributed by atoms with van der Waals surface area (Å²) in [6.07, 6.45) is 2.56. The highest BCUT2D eigenvalue weighted by Gasteiger charge is 2.19. The minimum Gasteiger partial charge on any atom is -0.481 e. The quantitative estimate of drug-likeness (QED) is 0.443. The van der Waals surface area contributed by atoms with Crippen LogP contribution in [-0.4, -0.2) is 28.8 Å². The molecule has 6 nitrogen and oxygen atoms in total. The van der Waals surface area contributed by atoms with E-state index in [1.54, 1.807) is 0 Å². The second-order valence-electron chi connectivity index (χ2n) is 6.24. The maximum atomic E-state index is 11.8. The number of amides is 1. The summed E-state index contributed by atoms with van der Waals surface area (Å²) < 4.78 is 0. The molecule has 0 saturated heterocycles. The Morgan fingerprint density at radius 3 is 2.43 bits per heavy atom. The first-order valence-corrected chi connectivity index (χ1v) is 9.06. The number of nitrogens with one attached hydrogen (secondary N) is 1. The Labute approximate surface area is 168 Å². The van der Waals surface area contributed by atoms with Crippen molar-refractivity contribution in [2.45, 2.75) is 25.3 Å². The average Bonchev–Trinajstić information content (AvgIpc) is 2.66. The van der Waals surface area contributed by atoms with Gasteiger partial charge in [-0.1, -0.05) is 48.0 Å². The molecule has 146 valence electrons. The van der Waals surface area contributed by atoms with Crippen LogP contribution >= 0.6 is 11.6 Å². The molecule has 4 N–H and O–H groups in total. The highest BCUT2D eigenvalue weighted by Crippen LogP contribution is 2.23. The number of halogens is 1. The van der Waals surface area contributed by atoms with E-state index in [1.807, 2.05) is 48.5 Å². The molecular formula is C21H21ClN2O4. The number of hydrogen-bond acceptors (Lipinski definition) is 4.